The van der Waals surface area contributed by atoms with Crippen molar-refractivity contribution < 1.29 is 22.7 Å². The summed E-state index contributed by atoms with van der Waals surface area (Å²) in [6, 6.07) is 4.99. The van der Waals surface area contributed by atoms with Crippen molar-refractivity contribution in [2.75, 3.05) is 51.4 Å². The van der Waals surface area contributed by atoms with Gasteiger partial charge in [-0.05, 0) is 49.8 Å². The van der Waals surface area contributed by atoms with Crippen molar-refractivity contribution in [3.8, 4) is 5.75 Å². The molecule has 1 amide bonds. The summed E-state index contributed by atoms with van der Waals surface area (Å²) in [7, 11) is -0.0391. The Labute approximate surface area is 185 Å². The molecule has 0 spiro atoms. The third-order valence-electron chi connectivity index (χ3n) is 6.07. The van der Waals surface area contributed by atoms with Gasteiger partial charge in [-0.3, -0.25) is 14.4 Å². The van der Waals surface area contributed by atoms with Crippen LogP contribution in [0.15, 0.2) is 18.2 Å². The zero-order chi connectivity index (χ0) is 22.8. The van der Waals surface area contributed by atoms with E-state index in [-0.39, 0.29) is 24.0 Å². The Balaban J connectivity index is 1.93. The lowest BCUT2D eigenvalue weighted by molar-refractivity contribution is 0.00994. The Hall–Kier alpha value is -1.84. The van der Waals surface area contributed by atoms with Crippen LogP contribution in [0.4, 0.5) is 5.69 Å². The predicted octanol–water partition coefficient (Wildman–Crippen LogP) is 2.27. The molecular formula is C22H35N3O5S. The van der Waals surface area contributed by atoms with Crippen LogP contribution in [-0.4, -0.2) is 82.9 Å². The molecule has 3 atom stereocenters. The molecule has 1 aromatic carbocycles. The molecule has 174 valence electrons. The van der Waals surface area contributed by atoms with Gasteiger partial charge in [0.1, 0.15) is 12.4 Å². The first-order valence-electron chi connectivity index (χ1n) is 10.8. The smallest absolute Gasteiger partial charge is 0.257 e. The van der Waals surface area contributed by atoms with Crippen LogP contribution in [0.5, 0.6) is 5.75 Å². The number of nitrogens with one attached hydrogen (secondary N) is 1. The first-order chi connectivity index (χ1) is 14.6. The molecular weight excluding hydrogens is 418 g/mol. The molecule has 0 radical (unpaired) electrons. The first kappa shape index (κ1) is 23.8. The molecule has 0 aromatic heterocycles. The number of carbonyl (C=O) groups is 1. The van der Waals surface area contributed by atoms with Crippen LogP contribution >= 0.6 is 0 Å². The van der Waals surface area contributed by atoms with Crippen molar-refractivity contribution in [1.29, 1.82) is 0 Å². The van der Waals surface area contributed by atoms with Crippen molar-refractivity contribution in [3.05, 3.63) is 23.8 Å². The van der Waals surface area contributed by atoms with Crippen LogP contribution in [0.2, 0.25) is 0 Å². The highest BCUT2D eigenvalue weighted by atomic mass is 32.2. The van der Waals surface area contributed by atoms with E-state index in [1.807, 2.05) is 0 Å². The molecule has 1 saturated carbocycles. The molecule has 1 aromatic rings. The van der Waals surface area contributed by atoms with Crippen molar-refractivity contribution >= 4 is 21.6 Å². The number of methoxy groups -OCH3 is 1. The second-order valence-corrected chi connectivity index (χ2v) is 10.8. The summed E-state index contributed by atoms with van der Waals surface area (Å²) in [5.41, 5.74) is 0.666. The van der Waals surface area contributed by atoms with Gasteiger partial charge in [0, 0.05) is 45.5 Å². The summed E-state index contributed by atoms with van der Waals surface area (Å²) in [6.07, 6.45) is 3.53. The van der Waals surface area contributed by atoms with Crippen LogP contribution < -0.4 is 9.46 Å². The Morgan fingerprint density at radius 1 is 1.23 bits per heavy atom. The third-order valence-corrected chi connectivity index (χ3v) is 6.67. The number of benzene rings is 1. The van der Waals surface area contributed by atoms with Gasteiger partial charge in [0.2, 0.25) is 10.0 Å². The molecule has 8 nitrogen and oxygen atoms in total. The molecule has 1 aliphatic carbocycles. The van der Waals surface area contributed by atoms with E-state index >= 15 is 0 Å². The number of anilines is 1. The number of amides is 1. The van der Waals surface area contributed by atoms with Gasteiger partial charge in [0.25, 0.3) is 5.91 Å². The highest BCUT2D eigenvalue weighted by molar-refractivity contribution is 7.92. The Bertz CT molecular complexity index is 887. The monoisotopic (exact) mass is 453 g/mol. The Morgan fingerprint density at radius 2 is 1.94 bits per heavy atom. The number of likely N-dealkylation sites (N-methyl/N-ethyl adjacent to an activating group) is 1. The zero-order valence-electron chi connectivity index (χ0n) is 19.1. The topological polar surface area (TPSA) is 88.2 Å². The first-order valence-corrected chi connectivity index (χ1v) is 12.7. The number of rotatable bonds is 5. The molecule has 1 fully saturated rings. The van der Waals surface area contributed by atoms with Crippen LogP contribution in [-0.2, 0) is 14.8 Å². The van der Waals surface area contributed by atoms with Crippen molar-refractivity contribution in [2.45, 2.75) is 38.8 Å². The van der Waals surface area contributed by atoms with Crippen molar-refractivity contribution in [3.63, 3.8) is 0 Å². The van der Waals surface area contributed by atoms with Gasteiger partial charge in [-0.25, -0.2) is 8.42 Å². The van der Waals surface area contributed by atoms with E-state index in [1.165, 1.54) is 12.8 Å². The maximum absolute atomic E-state index is 13.2. The molecule has 0 unspecified atom stereocenters. The van der Waals surface area contributed by atoms with E-state index in [0.717, 1.165) is 25.3 Å². The van der Waals surface area contributed by atoms with Gasteiger partial charge < -0.3 is 14.4 Å². The van der Waals surface area contributed by atoms with E-state index in [9.17, 15) is 13.2 Å². The summed E-state index contributed by atoms with van der Waals surface area (Å²) < 4.78 is 37.6. The maximum Gasteiger partial charge on any atom is 0.257 e. The molecule has 31 heavy (non-hydrogen) atoms. The predicted molar refractivity (Wildman–Crippen MR) is 121 cm³/mol. The molecule has 3 rings (SSSR count). The number of hydrogen-bond donors (Lipinski definition) is 1. The van der Waals surface area contributed by atoms with Crippen molar-refractivity contribution in [1.82, 2.24) is 9.80 Å². The highest BCUT2D eigenvalue weighted by Crippen LogP contribution is 2.32. The van der Waals surface area contributed by atoms with Gasteiger partial charge in [-0.2, -0.15) is 0 Å². The largest absolute Gasteiger partial charge is 0.491 e. The fraction of sp³-hybridized carbons (Fsp3) is 0.682. The summed E-state index contributed by atoms with van der Waals surface area (Å²) in [5, 5.41) is 0. The molecule has 1 N–H and O–H groups in total. The highest BCUT2D eigenvalue weighted by Gasteiger charge is 2.31. The van der Waals surface area contributed by atoms with Crippen LogP contribution in [0, 0.1) is 11.8 Å². The molecule has 0 saturated heterocycles. The average Bonchev–Trinajstić information content (AvgIpc) is 3.51. The second kappa shape index (κ2) is 9.75. The number of sulfonamides is 1. The van der Waals surface area contributed by atoms with Gasteiger partial charge >= 0.3 is 0 Å². The molecule has 1 heterocycles. The van der Waals surface area contributed by atoms with Crippen LogP contribution in [0.25, 0.3) is 0 Å². The van der Waals surface area contributed by atoms with Crippen molar-refractivity contribution in [2.24, 2.45) is 11.8 Å². The summed E-state index contributed by atoms with van der Waals surface area (Å²) >= 11 is 0. The number of fused-ring (bicyclic) bond motifs is 1. The van der Waals surface area contributed by atoms with E-state index in [1.54, 1.807) is 37.3 Å². The number of nitrogens with zero attached hydrogens (tertiary/aromatic N) is 2. The minimum absolute atomic E-state index is 0.107. The van der Waals surface area contributed by atoms with E-state index in [2.05, 4.69) is 23.5 Å². The number of ether oxygens (including phenoxy) is 2. The summed E-state index contributed by atoms with van der Waals surface area (Å²) in [6.45, 7) is 7.12. The zero-order valence-corrected chi connectivity index (χ0v) is 19.9. The molecule has 1 aliphatic heterocycles. The summed E-state index contributed by atoms with van der Waals surface area (Å²) in [5.74, 6) is 1.21. The number of hydrogen-bond acceptors (Lipinski definition) is 6. The lowest BCUT2D eigenvalue weighted by Crippen LogP contribution is -2.47. The van der Waals surface area contributed by atoms with Gasteiger partial charge in [0.15, 0.2) is 0 Å². The fourth-order valence-electron chi connectivity index (χ4n) is 4.02. The molecule has 9 heteroatoms. The molecule has 2 aliphatic rings. The molecule has 0 bridgehead atoms. The van der Waals surface area contributed by atoms with Crippen LogP contribution in [0.1, 0.15) is 37.0 Å². The van der Waals surface area contributed by atoms with Gasteiger partial charge in [0.05, 0.1) is 17.9 Å². The van der Waals surface area contributed by atoms with Gasteiger partial charge in [-0.1, -0.05) is 6.92 Å². The lowest BCUT2D eigenvalue weighted by Gasteiger charge is -2.36. The van der Waals surface area contributed by atoms with E-state index < -0.39 is 10.0 Å². The van der Waals surface area contributed by atoms with Gasteiger partial charge in [-0.15, -0.1) is 0 Å². The Morgan fingerprint density at radius 3 is 2.55 bits per heavy atom. The van der Waals surface area contributed by atoms with Crippen LogP contribution in [0.3, 0.4) is 0 Å². The second-order valence-electron chi connectivity index (χ2n) is 9.08. The third kappa shape index (κ3) is 6.57. The maximum atomic E-state index is 13.2. The SMILES string of the molecule is CO[C@@H]1CN(C)C(=O)c2cc(NS(C)(=O)=O)ccc2OC[C@H](C)N(CC2CC2)C[C@@H]1C. The number of carbonyl (C=O) groups excluding carboxylic acids is 1. The van der Waals surface area contributed by atoms with E-state index in [4.69, 9.17) is 9.47 Å². The normalized spacial score (nSPS) is 26.4. The Kier molecular flexibility index (Phi) is 7.49. The summed E-state index contributed by atoms with van der Waals surface area (Å²) in [4.78, 5) is 17.3. The minimum Gasteiger partial charge on any atom is -0.491 e. The van der Waals surface area contributed by atoms with E-state index in [0.29, 0.717) is 30.2 Å². The fourth-order valence-corrected chi connectivity index (χ4v) is 4.57. The quantitative estimate of drug-likeness (QED) is 0.736. The standard InChI is InChI=1S/C22H35N3O5S/c1-15-11-25(12-17-6-7-17)16(2)14-30-20-9-8-18(23-31(5,27)28)10-19(20)22(26)24(3)13-21(15)29-4/h8-10,15-17,21,23H,6-7,11-14H2,1-5H3/t15-,16-,21+/m0/s1. The average molecular weight is 454 g/mol. The lowest BCUT2D eigenvalue weighted by atomic mass is 10.0. The minimum atomic E-state index is -3.46.